The van der Waals surface area contributed by atoms with Gasteiger partial charge in [0.25, 0.3) is 5.56 Å². The van der Waals surface area contributed by atoms with E-state index >= 15 is 0 Å². The van der Waals surface area contributed by atoms with Crippen LogP contribution in [0.5, 0.6) is 0 Å². The third-order valence-electron chi connectivity index (χ3n) is 4.88. The average molecular weight is 434 g/mol. The van der Waals surface area contributed by atoms with Gasteiger partial charge >= 0.3 is 5.97 Å². The number of carbonyl (C=O) groups is 1. The van der Waals surface area contributed by atoms with Gasteiger partial charge in [0.05, 0.1) is 21.8 Å². The van der Waals surface area contributed by atoms with E-state index in [-0.39, 0.29) is 17.7 Å². The standard InChI is InChI=1S/C24H19FN2O3S/c1-3-13-30-23(29)20-15(2)26-24-27(21(20)16-9-5-4-6-10-16)22(28)19(31-24)14-17-11-7-8-12-18(17)25/h3-12,14,21H,1,13H2,2H3/b19-14-. The molecular formula is C24H19FN2O3S. The topological polar surface area (TPSA) is 60.7 Å². The summed E-state index contributed by atoms with van der Waals surface area (Å²) in [5, 5.41) is 0. The van der Waals surface area contributed by atoms with Crippen LogP contribution in [0.25, 0.3) is 6.08 Å². The fourth-order valence-electron chi connectivity index (χ4n) is 3.48. The highest BCUT2D eigenvalue weighted by Crippen LogP contribution is 2.30. The Morgan fingerprint density at radius 3 is 2.65 bits per heavy atom. The second kappa shape index (κ2) is 8.65. The van der Waals surface area contributed by atoms with Crippen LogP contribution in [0.4, 0.5) is 4.39 Å². The Balaban J connectivity index is 1.95. The number of benzene rings is 2. The number of hydrogen-bond donors (Lipinski definition) is 0. The van der Waals surface area contributed by atoms with Crippen LogP contribution in [0.1, 0.15) is 24.1 Å². The molecule has 0 bridgehead atoms. The SMILES string of the molecule is C=CCOC(=O)C1=C(C)N=c2s/c(=C\c3ccccc3F)c(=O)n2C1c1ccccc1. The van der Waals surface area contributed by atoms with E-state index in [1.165, 1.54) is 22.8 Å². The monoisotopic (exact) mass is 434 g/mol. The Bertz CT molecular complexity index is 1370. The van der Waals surface area contributed by atoms with E-state index in [1.54, 1.807) is 25.1 Å². The van der Waals surface area contributed by atoms with Gasteiger partial charge in [-0.15, -0.1) is 0 Å². The van der Waals surface area contributed by atoms with E-state index < -0.39 is 17.8 Å². The van der Waals surface area contributed by atoms with Gasteiger partial charge in [0.1, 0.15) is 12.4 Å². The zero-order valence-electron chi connectivity index (χ0n) is 16.7. The van der Waals surface area contributed by atoms with Crippen molar-refractivity contribution in [2.75, 3.05) is 6.61 Å². The van der Waals surface area contributed by atoms with Crippen LogP contribution in [0.3, 0.4) is 0 Å². The van der Waals surface area contributed by atoms with Crippen LogP contribution < -0.4 is 14.9 Å². The van der Waals surface area contributed by atoms with Crippen molar-refractivity contribution in [3.63, 3.8) is 0 Å². The fourth-order valence-corrected chi connectivity index (χ4v) is 4.52. The Morgan fingerprint density at radius 2 is 1.94 bits per heavy atom. The molecule has 0 amide bonds. The zero-order valence-corrected chi connectivity index (χ0v) is 17.6. The largest absolute Gasteiger partial charge is 0.458 e. The summed E-state index contributed by atoms with van der Waals surface area (Å²) >= 11 is 1.16. The predicted octanol–water partition coefficient (Wildman–Crippen LogP) is 3.10. The minimum atomic E-state index is -0.697. The van der Waals surface area contributed by atoms with Gasteiger partial charge in [-0.1, -0.05) is 72.5 Å². The summed E-state index contributed by atoms with van der Waals surface area (Å²) in [6.07, 6.45) is 2.99. The van der Waals surface area contributed by atoms with Crippen LogP contribution in [0.15, 0.2) is 88.3 Å². The number of nitrogens with zero attached hydrogens (tertiary/aromatic N) is 2. The summed E-state index contributed by atoms with van der Waals surface area (Å²) in [4.78, 5) is 31.2. The summed E-state index contributed by atoms with van der Waals surface area (Å²) < 4.78 is 21.2. The number of thiazole rings is 1. The van der Waals surface area contributed by atoms with Gasteiger partial charge in [0.15, 0.2) is 4.80 Å². The molecule has 0 aliphatic carbocycles. The maximum absolute atomic E-state index is 14.1. The molecule has 1 aromatic heterocycles. The Hall–Kier alpha value is -3.58. The van der Waals surface area contributed by atoms with Crippen LogP contribution in [0.2, 0.25) is 0 Å². The third kappa shape index (κ3) is 3.92. The number of esters is 1. The van der Waals surface area contributed by atoms with Crippen molar-refractivity contribution < 1.29 is 13.9 Å². The van der Waals surface area contributed by atoms with Crippen molar-refractivity contribution in [2.45, 2.75) is 13.0 Å². The summed E-state index contributed by atoms with van der Waals surface area (Å²) in [5.41, 5.74) is 1.48. The number of ether oxygens (including phenoxy) is 1. The molecule has 0 spiro atoms. The molecule has 1 unspecified atom stereocenters. The lowest BCUT2D eigenvalue weighted by Crippen LogP contribution is -2.39. The molecule has 4 rings (SSSR count). The van der Waals surface area contributed by atoms with E-state index in [4.69, 9.17) is 4.74 Å². The summed E-state index contributed by atoms with van der Waals surface area (Å²) in [6.45, 7) is 5.34. The molecule has 2 heterocycles. The first-order valence-corrected chi connectivity index (χ1v) is 10.4. The second-order valence-electron chi connectivity index (χ2n) is 6.90. The smallest absolute Gasteiger partial charge is 0.338 e. The van der Waals surface area contributed by atoms with Crippen LogP contribution in [-0.2, 0) is 9.53 Å². The van der Waals surface area contributed by atoms with E-state index in [1.807, 2.05) is 30.3 Å². The highest BCUT2D eigenvalue weighted by Gasteiger charge is 2.33. The first-order valence-electron chi connectivity index (χ1n) is 9.61. The molecule has 7 heteroatoms. The van der Waals surface area contributed by atoms with Gasteiger partial charge in [-0.2, -0.15) is 0 Å². The summed E-state index contributed by atoms with van der Waals surface area (Å²) in [5.74, 6) is -0.976. The highest BCUT2D eigenvalue weighted by molar-refractivity contribution is 7.07. The van der Waals surface area contributed by atoms with Crippen molar-refractivity contribution in [3.8, 4) is 0 Å². The third-order valence-corrected chi connectivity index (χ3v) is 5.86. The molecule has 1 aliphatic heterocycles. The minimum Gasteiger partial charge on any atom is -0.458 e. The number of hydrogen-bond acceptors (Lipinski definition) is 5. The van der Waals surface area contributed by atoms with E-state index in [2.05, 4.69) is 11.6 Å². The quantitative estimate of drug-likeness (QED) is 0.458. The van der Waals surface area contributed by atoms with E-state index in [0.717, 1.165) is 16.9 Å². The fraction of sp³-hybridized carbons (Fsp3) is 0.125. The van der Waals surface area contributed by atoms with Gasteiger partial charge in [-0.05, 0) is 24.6 Å². The lowest BCUT2D eigenvalue weighted by Gasteiger charge is -2.24. The molecule has 0 fully saturated rings. The van der Waals surface area contributed by atoms with E-state index in [9.17, 15) is 14.0 Å². The number of rotatable bonds is 5. The molecular weight excluding hydrogens is 415 g/mol. The van der Waals surface area contributed by atoms with Gasteiger partial charge in [-0.3, -0.25) is 9.36 Å². The molecule has 5 nitrogen and oxygen atoms in total. The lowest BCUT2D eigenvalue weighted by atomic mass is 9.96. The maximum Gasteiger partial charge on any atom is 0.338 e. The zero-order chi connectivity index (χ0) is 22.0. The molecule has 2 aromatic carbocycles. The van der Waals surface area contributed by atoms with Crippen LogP contribution in [0, 0.1) is 5.82 Å². The predicted molar refractivity (Wildman–Crippen MR) is 118 cm³/mol. The lowest BCUT2D eigenvalue weighted by molar-refractivity contribution is -0.138. The molecule has 0 radical (unpaired) electrons. The summed E-state index contributed by atoms with van der Waals surface area (Å²) in [6, 6.07) is 14.8. The number of allylic oxidation sites excluding steroid dienone is 1. The molecule has 1 atom stereocenters. The highest BCUT2D eigenvalue weighted by atomic mass is 32.1. The van der Waals surface area contributed by atoms with Crippen molar-refractivity contribution >= 4 is 23.4 Å². The van der Waals surface area contributed by atoms with Gasteiger partial charge in [0.2, 0.25) is 0 Å². The molecule has 0 saturated heterocycles. The Labute approximate surface area is 181 Å². The number of aromatic nitrogens is 1. The normalized spacial score (nSPS) is 15.9. The second-order valence-corrected chi connectivity index (χ2v) is 7.91. The van der Waals surface area contributed by atoms with Crippen molar-refractivity contribution in [1.82, 2.24) is 4.57 Å². The van der Waals surface area contributed by atoms with Gasteiger partial charge < -0.3 is 4.74 Å². The Kier molecular flexibility index (Phi) is 5.77. The molecule has 156 valence electrons. The van der Waals surface area contributed by atoms with Gasteiger partial charge in [0, 0.05) is 5.56 Å². The van der Waals surface area contributed by atoms with Crippen molar-refractivity contribution in [1.29, 1.82) is 0 Å². The molecule has 1 aliphatic rings. The maximum atomic E-state index is 14.1. The number of halogens is 1. The molecule has 3 aromatic rings. The van der Waals surface area contributed by atoms with Crippen molar-refractivity contribution in [2.24, 2.45) is 4.99 Å². The number of carbonyl (C=O) groups excluding carboxylic acids is 1. The molecule has 0 N–H and O–H groups in total. The first kappa shape index (κ1) is 20.7. The van der Waals surface area contributed by atoms with Crippen LogP contribution >= 0.6 is 11.3 Å². The summed E-state index contributed by atoms with van der Waals surface area (Å²) in [7, 11) is 0. The van der Waals surface area contributed by atoms with E-state index in [0.29, 0.717) is 20.6 Å². The minimum absolute atomic E-state index is 0.0504. The Morgan fingerprint density at radius 1 is 1.23 bits per heavy atom. The molecule has 31 heavy (non-hydrogen) atoms. The number of fused-ring (bicyclic) bond motifs is 1. The average Bonchev–Trinajstić information content (AvgIpc) is 3.08. The first-order chi connectivity index (χ1) is 15.0. The van der Waals surface area contributed by atoms with Crippen LogP contribution in [-0.4, -0.2) is 17.1 Å². The van der Waals surface area contributed by atoms with Crippen molar-refractivity contribution in [3.05, 3.63) is 115 Å². The van der Waals surface area contributed by atoms with Gasteiger partial charge in [-0.25, -0.2) is 14.2 Å². The molecule has 0 saturated carbocycles.